The van der Waals surface area contributed by atoms with Gasteiger partial charge in [0, 0.05) is 19.0 Å². The molecule has 4 heteroatoms. The van der Waals surface area contributed by atoms with Gasteiger partial charge < -0.3 is 14.4 Å². The number of hydrogen-bond donors (Lipinski definition) is 0. The fraction of sp³-hybridized carbons (Fsp3) is 0.533. The average Bonchev–Trinajstić information content (AvgIpc) is 2.47. The van der Waals surface area contributed by atoms with Gasteiger partial charge in [-0.3, -0.25) is 0 Å². The molecule has 104 valence electrons. The average molecular weight is 263 g/mol. The van der Waals surface area contributed by atoms with Crippen molar-refractivity contribution in [1.29, 1.82) is 0 Å². The van der Waals surface area contributed by atoms with Crippen molar-refractivity contribution in [3.05, 3.63) is 30.3 Å². The first-order valence-corrected chi connectivity index (χ1v) is 6.89. The Labute approximate surface area is 114 Å². The van der Waals surface area contributed by atoms with Gasteiger partial charge in [-0.1, -0.05) is 18.2 Å². The van der Waals surface area contributed by atoms with E-state index in [2.05, 4.69) is 0 Å². The van der Waals surface area contributed by atoms with Crippen molar-refractivity contribution in [1.82, 2.24) is 4.90 Å². The standard InChI is InChI=1S/C15H21NO3/c1-2-18-15(17)16-10-6-7-13(11-16)12-19-14-8-4-3-5-9-14/h3-5,8-9,13H,2,6-7,10-12H2,1H3. The zero-order valence-electron chi connectivity index (χ0n) is 11.4. The van der Waals surface area contributed by atoms with Crippen LogP contribution in [0.5, 0.6) is 5.75 Å². The molecule has 0 aliphatic carbocycles. The molecule has 0 aromatic heterocycles. The largest absolute Gasteiger partial charge is 0.493 e. The fourth-order valence-corrected chi connectivity index (χ4v) is 2.31. The normalized spacial score (nSPS) is 19.0. The van der Waals surface area contributed by atoms with E-state index in [4.69, 9.17) is 9.47 Å². The second-order valence-electron chi connectivity index (χ2n) is 4.78. The lowest BCUT2D eigenvalue weighted by Gasteiger charge is -2.31. The molecule has 0 N–H and O–H groups in total. The Morgan fingerprint density at radius 1 is 1.37 bits per heavy atom. The number of para-hydroxylation sites is 1. The summed E-state index contributed by atoms with van der Waals surface area (Å²) in [7, 11) is 0. The molecule has 1 saturated heterocycles. The van der Waals surface area contributed by atoms with Gasteiger partial charge in [0.1, 0.15) is 5.75 Å². The summed E-state index contributed by atoms with van der Waals surface area (Å²) in [6.07, 6.45) is 1.91. The van der Waals surface area contributed by atoms with Crippen molar-refractivity contribution in [2.75, 3.05) is 26.3 Å². The molecule has 1 unspecified atom stereocenters. The maximum absolute atomic E-state index is 11.7. The summed E-state index contributed by atoms with van der Waals surface area (Å²) in [5.74, 6) is 1.27. The molecule has 1 atom stereocenters. The number of hydrogen-bond acceptors (Lipinski definition) is 3. The van der Waals surface area contributed by atoms with Crippen LogP contribution in [0, 0.1) is 5.92 Å². The minimum atomic E-state index is -0.202. The Kier molecular flexibility index (Phi) is 5.07. The number of nitrogens with zero attached hydrogens (tertiary/aromatic N) is 1. The molecule has 1 aromatic rings. The number of carbonyl (C=O) groups excluding carboxylic acids is 1. The maximum atomic E-state index is 11.7. The molecule has 0 bridgehead atoms. The minimum absolute atomic E-state index is 0.202. The molecule has 0 saturated carbocycles. The Morgan fingerprint density at radius 3 is 2.89 bits per heavy atom. The van der Waals surface area contributed by atoms with Crippen LogP contribution in [-0.2, 0) is 4.74 Å². The van der Waals surface area contributed by atoms with E-state index in [0.717, 1.165) is 31.7 Å². The van der Waals surface area contributed by atoms with Crippen LogP contribution in [0.1, 0.15) is 19.8 Å². The van der Waals surface area contributed by atoms with Crippen molar-refractivity contribution < 1.29 is 14.3 Å². The van der Waals surface area contributed by atoms with Gasteiger partial charge in [0.25, 0.3) is 0 Å². The van der Waals surface area contributed by atoms with E-state index in [9.17, 15) is 4.79 Å². The highest BCUT2D eigenvalue weighted by Gasteiger charge is 2.24. The molecule has 1 fully saturated rings. The quantitative estimate of drug-likeness (QED) is 0.838. The van der Waals surface area contributed by atoms with Crippen LogP contribution in [0.15, 0.2) is 30.3 Å². The lowest BCUT2D eigenvalue weighted by atomic mass is 9.99. The van der Waals surface area contributed by atoms with Gasteiger partial charge in [0.05, 0.1) is 13.2 Å². The number of amides is 1. The molecule has 1 aliphatic rings. The summed E-state index contributed by atoms with van der Waals surface area (Å²) in [6.45, 7) is 4.44. The SMILES string of the molecule is CCOC(=O)N1CCCC(COc2ccccc2)C1. The molecule has 0 radical (unpaired) electrons. The third-order valence-electron chi connectivity index (χ3n) is 3.27. The summed E-state index contributed by atoms with van der Waals surface area (Å²) < 4.78 is 10.8. The Balaban J connectivity index is 1.79. The topological polar surface area (TPSA) is 38.8 Å². The lowest BCUT2D eigenvalue weighted by molar-refractivity contribution is 0.0790. The summed E-state index contributed by atoms with van der Waals surface area (Å²) >= 11 is 0. The van der Waals surface area contributed by atoms with Crippen LogP contribution in [0.4, 0.5) is 4.79 Å². The molecule has 0 spiro atoms. The van der Waals surface area contributed by atoms with E-state index in [1.165, 1.54) is 0 Å². The van der Waals surface area contributed by atoms with Gasteiger partial charge in [-0.05, 0) is 31.9 Å². The first-order chi connectivity index (χ1) is 9.29. The molecular weight excluding hydrogens is 242 g/mol. The molecule has 19 heavy (non-hydrogen) atoms. The maximum Gasteiger partial charge on any atom is 0.409 e. The summed E-state index contributed by atoms with van der Waals surface area (Å²) in [5.41, 5.74) is 0. The van der Waals surface area contributed by atoms with Gasteiger partial charge in [-0.15, -0.1) is 0 Å². The van der Waals surface area contributed by atoms with Crippen molar-refractivity contribution in [3.63, 3.8) is 0 Å². The Bertz CT molecular complexity index is 394. The predicted octanol–water partition coefficient (Wildman–Crippen LogP) is 2.93. The van der Waals surface area contributed by atoms with Gasteiger partial charge in [-0.25, -0.2) is 4.79 Å². The Morgan fingerprint density at radius 2 is 2.16 bits per heavy atom. The second kappa shape index (κ2) is 7.02. The third kappa shape index (κ3) is 4.16. The number of benzene rings is 1. The van der Waals surface area contributed by atoms with Crippen LogP contribution in [0.3, 0.4) is 0 Å². The van der Waals surface area contributed by atoms with Crippen LogP contribution in [-0.4, -0.2) is 37.3 Å². The first kappa shape index (κ1) is 13.7. The Hall–Kier alpha value is -1.71. The molecule has 1 aliphatic heterocycles. The highest BCUT2D eigenvalue weighted by Crippen LogP contribution is 2.19. The summed E-state index contributed by atoms with van der Waals surface area (Å²) in [4.78, 5) is 13.5. The van der Waals surface area contributed by atoms with Crippen LogP contribution < -0.4 is 4.74 Å². The van der Waals surface area contributed by atoms with Gasteiger partial charge in [-0.2, -0.15) is 0 Å². The van der Waals surface area contributed by atoms with Crippen LogP contribution in [0.2, 0.25) is 0 Å². The molecule has 1 aromatic carbocycles. The van der Waals surface area contributed by atoms with Gasteiger partial charge >= 0.3 is 6.09 Å². The zero-order valence-corrected chi connectivity index (χ0v) is 11.4. The van der Waals surface area contributed by atoms with Crippen molar-refractivity contribution >= 4 is 6.09 Å². The number of ether oxygens (including phenoxy) is 2. The molecule has 1 amide bonds. The minimum Gasteiger partial charge on any atom is -0.493 e. The number of piperidine rings is 1. The van der Waals surface area contributed by atoms with Gasteiger partial charge in [0.15, 0.2) is 0 Å². The molecule has 1 heterocycles. The smallest absolute Gasteiger partial charge is 0.409 e. The highest BCUT2D eigenvalue weighted by molar-refractivity contribution is 5.67. The number of carbonyl (C=O) groups is 1. The van der Waals surface area contributed by atoms with E-state index in [1.807, 2.05) is 37.3 Å². The molecule has 2 rings (SSSR count). The third-order valence-corrected chi connectivity index (χ3v) is 3.27. The summed E-state index contributed by atoms with van der Waals surface area (Å²) in [6, 6.07) is 9.79. The van der Waals surface area contributed by atoms with Crippen molar-refractivity contribution in [3.8, 4) is 5.75 Å². The molecular formula is C15H21NO3. The molecule has 4 nitrogen and oxygen atoms in total. The first-order valence-electron chi connectivity index (χ1n) is 6.89. The number of rotatable bonds is 4. The van der Waals surface area contributed by atoms with Crippen molar-refractivity contribution in [2.24, 2.45) is 5.92 Å². The fourth-order valence-electron chi connectivity index (χ4n) is 2.31. The highest BCUT2D eigenvalue weighted by atomic mass is 16.6. The van der Waals surface area contributed by atoms with Crippen LogP contribution in [0.25, 0.3) is 0 Å². The van der Waals surface area contributed by atoms with Crippen molar-refractivity contribution in [2.45, 2.75) is 19.8 Å². The second-order valence-corrected chi connectivity index (χ2v) is 4.78. The lowest BCUT2D eigenvalue weighted by Crippen LogP contribution is -2.41. The van der Waals surface area contributed by atoms with E-state index >= 15 is 0 Å². The van der Waals surface area contributed by atoms with E-state index in [1.54, 1.807) is 4.90 Å². The predicted molar refractivity (Wildman–Crippen MR) is 73.3 cm³/mol. The van der Waals surface area contributed by atoms with E-state index in [0.29, 0.717) is 19.1 Å². The van der Waals surface area contributed by atoms with E-state index < -0.39 is 0 Å². The number of likely N-dealkylation sites (tertiary alicyclic amines) is 1. The zero-order chi connectivity index (χ0) is 13.5. The van der Waals surface area contributed by atoms with Gasteiger partial charge in [0.2, 0.25) is 0 Å². The summed E-state index contributed by atoms with van der Waals surface area (Å²) in [5, 5.41) is 0. The van der Waals surface area contributed by atoms with Crippen LogP contribution >= 0.6 is 0 Å². The monoisotopic (exact) mass is 263 g/mol. The van der Waals surface area contributed by atoms with E-state index in [-0.39, 0.29) is 6.09 Å².